The molecule has 112 valence electrons. The summed E-state index contributed by atoms with van der Waals surface area (Å²) in [6, 6.07) is 17.4. The molecule has 0 aliphatic carbocycles. The fourth-order valence-corrected chi connectivity index (χ4v) is 3.71. The van der Waals surface area contributed by atoms with E-state index in [4.69, 9.17) is 0 Å². The Bertz CT molecular complexity index is 1100. The first-order chi connectivity index (χ1) is 11.2. The Morgan fingerprint density at radius 1 is 1.04 bits per heavy atom. The van der Waals surface area contributed by atoms with Crippen molar-refractivity contribution in [3.63, 3.8) is 0 Å². The van der Waals surface area contributed by atoms with Gasteiger partial charge in [-0.3, -0.25) is 4.79 Å². The van der Waals surface area contributed by atoms with Crippen LogP contribution in [-0.4, -0.2) is 14.6 Å². The number of rotatable bonds is 2. The topological polar surface area (TPSA) is 47.3 Å². The van der Waals surface area contributed by atoms with Gasteiger partial charge in [0.25, 0.3) is 5.56 Å². The molecule has 0 radical (unpaired) electrons. The van der Waals surface area contributed by atoms with Gasteiger partial charge in [-0.2, -0.15) is 0 Å². The molecular weight excluding hydrogens is 374 g/mol. The molecule has 0 bridgehead atoms. The fourth-order valence-electron chi connectivity index (χ4n) is 2.38. The zero-order chi connectivity index (χ0) is 15.8. The second-order valence-electron chi connectivity index (χ2n) is 4.98. The summed E-state index contributed by atoms with van der Waals surface area (Å²) in [6.45, 7) is 0. The predicted octanol–water partition coefficient (Wildman–Crippen LogP) is 3.13. The lowest BCUT2D eigenvalue weighted by atomic mass is 10.2. The third kappa shape index (κ3) is 2.60. The first kappa shape index (κ1) is 14.3. The summed E-state index contributed by atoms with van der Waals surface area (Å²) in [5.41, 5.74) is 1.76. The lowest BCUT2D eigenvalue weighted by molar-refractivity contribution is 1.09. The molecule has 0 saturated heterocycles. The standard InChI is InChI=1S/C17H10BrN3OS/c18-13-8-4-5-11(9-13)10-14-16(22)21-15(19-20-17(21)23-14)12-6-2-1-3-7-12/h1-10H/b14-10-. The van der Waals surface area contributed by atoms with Crippen molar-refractivity contribution in [2.24, 2.45) is 0 Å². The molecule has 2 heterocycles. The molecule has 0 atom stereocenters. The number of hydrogen-bond acceptors (Lipinski definition) is 4. The minimum atomic E-state index is -0.0890. The van der Waals surface area contributed by atoms with Crippen molar-refractivity contribution in [2.75, 3.05) is 0 Å². The third-order valence-electron chi connectivity index (χ3n) is 3.43. The molecule has 4 nitrogen and oxygen atoms in total. The average molecular weight is 384 g/mol. The molecule has 0 aliphatic heterocycles. The average Bonchev–Trinajstić information content (AvgIpc) is 3.10. The number of hydrogen-bond donors (Lipinski definition) is 0. The SMILES string of the molecule is O=c1/c(=C/c2cccc(Br)c2)sc2nnc(-c3ccccc3)n12. The van der Waals surface area contributed by atoms with Crippen LogP contribution in [0.1, 0.15) is 5.56 Å². The second kappa shape index (κ2) is 5.72. The molecule has 2 aromatic heterocycles. The molecule has 0 amide bonds. The molecule has 0 fully saturated rings. The summed E-state index contributed by atoms with van der Waals surface area (Å²) in [7, 11) is 0. The number of nitrogens with zero attached hydrogens (tertiary/aromatic N) is 3. The lowest BCUT2D eigenvalue weighted by Crippen LogP contribution is -2.23. The van der Waals surface area contributed by atoms with E-state index in [-0.39, 0.29) is 5.56 Å². The molecule has 4 rings (SSSR count). The Balaban J connectivity index is 1.93. The van der Waals surface area contributed by atoms with Crippen molar-refractivity contribution in [3.05, 3.63) is 79.5 Å². The van der Waals surface area contributed by atoms with Crippen molar-refractivity contribution in [2.45, 2.75) is 0 Å². The Morgan fingerprint density at radius 3 is 2.65 bits per heavy atom. The number of benzene rings is 2. The van der Waals surface area contributed by atoms with Gasteiger partial charge in [-0.05, 0) is 23.8 Å². The van der Waals surface area contributed by atoms with Crippen LogP contribution in [0.15, 0.2) is 63.9 Å². The Hall–Kier alpha value is -2.31. The van der Waals surface area contributed by atoms with Gasteiger partial charge in [0.05, 0.1) is 4.53 Å². The van der Waals surface area contributed by atoms with Gasteiger partial charge in [-0.25, -0.2) is 4.40 Å². The number of thiazole rings is 1. The molecule has 0 spiro atoms. The highest BCUT2D eigenvalue weighted by molar-refractivity contribution is 9.10. The quantitative estimate of drug-likeness (QED) is 0.534. The molecule has 0 unspecified atom stereocenters. The smallest absolute Gasteiger partial charge is 0.267 e. The maximum atomic E-state index is 12.7. The van der Waals surface area contributed by atoms with E-state index in [1.165, 1.54) is 11.3 Å². The number of fused-ring (bicyclic) bond motifs is 1. The van der Waals surface area contributed by atoms with Gasteiger partial charge in [0.2, 0.25) is 4.96 Å². The monoisotopic (exact) mass is 383 g/mol. The van der Waals surface area contributed by atoms with Crippen LogP contribution in [0.5, 0.6) is 0 Å². The maximum Gasteiger partial charge on any atom is 0.276 e. The maximum absolute atomic E-state index is 12.7. The van der Waals surface area contributed by atoms with E-state index in [9.17, 15) is 4.79 Å². The van der Waals surface area contributed by atoms with Crippen LogP contribution in [0.2, 0.25) is 0 Å². The van der Waals surface area contributed by atoms with E-state index in [2.05, 4.69) is 26.1 Å². The van der Waals surface area contributed by atoms with Crippen LogP contribution in [0.3, 0.4) is 0 Å². The Labute approximate surface area is 143 Å². The second-order valence-corrected chi connectivity index (χ2v) is 6.90. The van der Waals surface area contributed by atoms with Crippen molar-refractivity contribution >= 4 is 38.3 Å². The molecular formula is C17H10BrN3OS. The summed E-state index contributed by atoms with van der Waals surface area (Å²) < 4.78 is 3.20. The fraction of sp³-hybridized carbons (Fsp3) is 0. The molecule has 4 aromatic rings. The highest BCUT2D eigenvalue weighted by Crippen LogP contribution is 2.17. The van der Waals surface area contributed by atoms with Crippen LogP contribution in [0.25, 0.3) is 22.4 Å². The van der Waals surface area contributed by atoms with E-state index in [0.717, 1.165) is 15.6 Å². The summed E-state index contributed by atoms with van der Waals surface area (Å²) in [5.74, 6) is 0.579. The lowest BCUT2D eigenvalue weighted by Gasteiger charge is -1.95. The third-order valence-corrected chi connectivity index (χ3v) is 4.88. The molecule has 23 heavy (non-hydrogen) atoms. The van der Waals surface area contributed by atoms with E-state index in [1.54, 1.807) is 4.40 Å². The molecule has 2 aromatic carbocycles. The van der Waals surface area contributed by atoms with E-state index in [0.29, 0.717) is 15.3 Å². The van der Waals surface area contributed by atoms with Gasteiger partial charge in [-0.15, -0.1) is 10.2 Å². The minimum absolute atomic E-state index is 0.0890. The largest absolute Gasteiger partial charge is 0.276 e. The van der Waals surface area contributed by atoms with Crippen LogP contribution < -0.4 is 10.1 Å². The van der Waals surface area contributed by atoms with Crippen molar-refractivity contribution < 1.29 is 0 Å². The highest BCUT2D eigenvalue weighted by atomic mass is 79.9. The summed E-state index contributed by atoms with van der Waals surface area (Å²) >= 11 is 4.79. The van der Waals surface area contributed by atoms with Gasteiger partial charge >= 0.3 is 0 Å². The van der Waals surface area contributed by atoms with Crippen LogP contribution in [0, 0.1) is 0 Å². The van der Waals surface area contributed by atoms with Crippen molar-refractivity contribution in [1.82, 2.24) is 14.6 Å². The zero-order valence-electron chi connectivity index (χ0n) is 11.8. The number of halogens is 1. The van der Waals surface area contributed by atoms with E-state index >= 15 is 0 Å². The Morgan fingerprint density at radius 2 is 1.87 bits per heavy atom. The first-order valence-corrected chi connectivity index (χ1v) is 8.54. The highest BCUT2D eigenvalue weighted by Gasteiger charge is 2.13. The van der Waals surface area contributed by atoms with Crippen molar-refractivity contribution in [3.8, 4) is 11.4 Å². The predicted molar refractivity (Wildman–Crippen MR) is 95.5 cm³/mol. The molecule has 0 aliphatic rings. The van der Waals surface area contributed by atoms with Crippen molar-refractivity contribution in [1.29, 1.82) is 0 Å². The van der Waals surface area contributed by atoms with Gasteiger partial charge in [0, 0.05) is 10.0 Å². The summed E-state index contributed by atoms with van der Waals surface area (Å²) in [6.07, 6.45) is 1.88. The van der Waals surface area contributed by atoms with E-state index < -0.39 is 0 Å². The Kier molecular flexibility index (Phi) is 3.55. The molecule has 0 N–H and O–H groups in total. The van der Waals surface area contributed by atoms with E-state index in [1.807, 2.05) is 60.7 Å². The molecule has 6 heteroatoms. The zero-order valence-corrected chi connectivity index (χ0v) is 14.2. The van der Waals surface area contributed by atoms with Gasteiger partial charge in [0.15, 0.2) is 5.82 Å². The normalized spacial score (nSPS) is 12.1. The number of aromatic nitrogens is 3. The summed E-state index contributed by atoms with van der Waals surface area (Å²) in [4.78, 5) is 13.3. The first-order valence-electron chi connectivity index (χ1n) is 6.93. The van der Waals surface area contributed by atoms with Gasteiger partial charge < -0.3 is 0 Å². The van der Waals surface area contributed by atoms with Crippen LogP contribution in [-0.2, 0) is 0 Å². The van der Waals surface area contributed by atoms with Crippen LogP contribution >= 0.6 is 27.3 Å². The molecule has 0 saturated carbocycles. The van der Waals surface area contributed by atoms with Crippen LogP contribution in [0.4, 0.5) is 0 Å². The van der Waals surface area contributed by atoms with Gasteiger partial charge in [0.1, 0.15) is 0 Å². The minimum Gasteiger partial charge on any atom is -0.267 e. The summed E-state index contributed by atoms with van der Waals surface area (Å²) in [5, 5.41) is 8.29. The van der Waals surface area contributed by atoms with Gasteiger partial charge in [-0.1, -0.05) is 69.7 Å².